The Balaban J connectivity index is 4.38. The maximum Gasteiger partial charge on any atom is 0.0184 e. The summed E-state index contributed by atoms with van der Waals surface area (Å²) >= 11 is 5.90. The van der Waals surface area contributed by atoms with Gasteiger partial charge in [0.1, 0.15) is 0 Å². The quantitative estimate of drug-likeness (QED) is 0.562. The largest absolute Gasteiger partial charge is 0.0892 e. The molecule has 0 heterocycles. The predicted octanol–water partition coefficient (Wildman–Crippen LogP) is 4.12. The van der Waals surface area contributed by atoms with Crippen molar-refractivity contribution in [1.82, 2.24) is 0 Å². The molecule has 0 saturated carbocycles. The van der Waals surface area contributed by atoms with Crippen LogP contribution in [0.15, 0.2) is 22.8 Å². The Bertz CT molecular complexity index is 160. The normalized spacial score (nSPS) is 14.4. The van der Waals surface area contributed by atoms with Crippen molar-refractivity contribution in [2.45, 2.75) is 34.1 Å². The maximum atomic E-state index is 5.90. The summed E-state index contributed by atoms with van der Waals surface area (Å²) in [6.45, 7) is 8.37. The molecule has 0 aromatic heterocycles. The summed E-state index contributed by atoms with van der Waals surface area (Å²) in [5.41, 5.74) is 1.24. The lowest BCUT2D eigenvalue weighted by atomic mass is 10.0. The first-order valence-electron chi connectivity index (χ1n) is 4.12. The van der Waals surface area contributed by atoms with Crippen molar-refractivity contribution in [3.8, 4) is 0 Å². The van der Waals surface area contributed by atoms with Gasteiger partial charge in [-0.15, -0.1) is 0 Å². The van der Waals surface area contributed by atoms with Gasteiger partial charge in [-0.1, -0.05) is 44.5 Å². The van der Waals surface area contributed by atoms with E-state index in [1.165, 1.54) is 5.57 Å². The summed E-state index contributed by atoms with van der Waals surface area (Å²) in [5.74, 6) is 0.523. The second kappa shape index (κ2) is 5.42. The molecule has 0 bridgehead atoms. The molecule has 0 amide bonds. The molecule has 0 spiro atoms. The third-order valence-corrected chi connectivity index (χ3v) is 1.77. The monoisotopic (exact) mass is 172 g/mol. The van der Waals surface area contributed by atoms with Crippen molar-refractivity contribution in [1.29, 1.82) is 0 Å². The van der Waals surface area contributed by atoms with Crippen LogP contribution in [0.25, 0.3) is 0 Å². The molecule has 0 aliphatic rings. The summed E-state index contributed by atoms with van der Waals surface area (Å²) in [5, 5.41) is 0.907. The third-order valence-electron chi connectivity index (χ3n) is 1.55. The topological polar surface area (TPSA) is 0 Å². The van der Waals surface area contributed by atoms with Crippen molar-refractivity contribution in [2.75, 3.05) is 0 Å². The van der Waals surface area contributed by atoms with E-state index in [-0.39, 0.29) is 0 Å². The fraction of sp³-hybridized carbons (Fsp3) is 0.600. The molecule has 11 heavy (non-hydrogen) atoms. The van der Waals surface area contributed by atoms with E-state index in [0.29, 0.717) is 5.92 Å². The van der Waals surface area contributed by atoms with E-state index >= 15 is 0 Å². The number of hydrogen-bond acceptors (Lipinski definition) is 0. The van der Waals surface area contributed by atoms with Crippen LogP contribution in [-0.4, -0.2) is 0 Å². The van der Waals surface area contributed by atoms with Crippen LogP contribution in [0.3, 0.4) is 0 Å². The zero-order valence-electron chi connectivity index (χ0n) is 7.82. The Morgan fingerprint density at radius 3 is 2.27 bits per heavy atom. The molecule has 0 atom stereocenters. The zero-order valence-corrected chi connectivity index (χ0v) is 8.57. The zero-order chi connectivity index (χ0) is 8.85. The van der Waals surface area contributed by atoms with Gasteiger partial charge in [-0.3, -0.25) is 0 Å². The Morgan fingerprint density at radius 1 is 1.45 bits per heavy atom. The summed E-state index contributed by atoms with van der Waals surface area (Å²) in [4.78, 5) is 0. The van der Waals surface area contributed by atoms with E-state index in [4.69, 9.17) is 11.6 Å². The highest BCUT2D eigenvalue weighted by molar-refractivity contribution is 6.29. The van der Waals surface area contributed by atoms with Crippen molar-refractivity contribution < 1.29 is 0 Å². The Hall–Kier alpha value is -0.230. The van der Waals surface area contributed by atoms with Gasteiger partial charge in [-0.2, -0.15) is 0 Å². The fourth-order valence-corrected chi connectivity index (χ4v) is 1.23. The molecule has 64 valence electrons. The van der Waals surface area contributed by atoms with Crippen molar-refractivity contribution in [3.63, 3.8) is 0 Å². The SMILES string of the molecule is CC/C=C\C(=C(/C)Cl)C(C)C. The van der Waals surface area contributed by atoms with Crippen LogP contribution in [0.1, 0.15) is 34.1 Å². The standard InChI is InChI=1S/C10H17Cl/c1-5-6-7-10(8(2)3)9(4)11/h6-8H,5H2,1-4H3/b7-6-,10-9-. The van der Waals surface area contributed by atoms with Crippen LogP contribution in [-0.2, 0) is 0 Å². The summed E-state index contributed by atoms with van der Waals surface area (Å²) in [6, 6.07) is 0. The first-order chi connectivity index (χ1) is 5.09. The van der Waals surface area contributed by atoms with Crippen molar-refractivity contribution in [3.05, 3.63) is 22.8 Å². The molecule has 0 aliphatic heterocycles. The molecule has 0 unspecified atom stereocenters. The molecular formula is C10H17Cl. The van der Waals surface area contributed by atoms with Gasteiger partial charge >= 0.3 is 0 Å². The lowest BCUT2D eigenvalue weighted by Crippen LogP contribution is -1.91. The molecule has 0 aromatic carbocycles. The summed E-state index contributed by atoms with van der Waals surface area (Å²) in [7, 11) is 0. The van der Waals surface area contributed by atoms with Crippen molar-refractivity contribution >= 4 is 11.6 Å². The highest BCUT2D eigenvalue weighted by atomic mass is 35.5. The van der Waals surface area contributed by atoms with E-state index in [9.17, 15) is 0 Å². The smallest absolute Gasteiger partial charge is 0.0184 e. The van der Waals surface area contributed by atoms with E-state index in [1.54, 1.807) is 0 Å². The second-order valence-corrected chi connectivity index (χ2v) is 3.52. The van der Waals surface area contributed by atoms with Crippen molar-refractivity contribution in [2.24, 2.45) is 5.92 Å². The van der Waals surface area contributed by atoms with Crippen LogP contribution < -0.4 is 0 Å². The van der Waals surface area contributed by atoms with Crippen LogP contribution in [0.2, 0.25) is 0 Å². The minimum atomic E-state index is 0.523. The number of rotatable bonds is 3. The van der Waals surface area contributed by atoms with Gasteiger partial charge in [0.2, 0.25) is 0 Å². The molecule has 0 radical (unpaired) electrons. The average molecular weight is 173 g/mol. The summed E-state index contributed by atoms with van der Waals surface area (Å²) < 4.78 is 0. The highest BCUT2D eigenvalue weighted by Gasteiger charge is 2.01. The van der Waals surface area contributed by atoms with E-state index in [1.807, 2.05) is 6.92 Å². The fourth-order valence-electron chi connectivity index (χ4n) is 0.950. The van der Waals surface area contributed by atoms with Gasteiger partial charge in [-0.25, -0.2) is 0 Å². The highest BCUT2D eigenvalue weighted by Crippen LogP contribution is 2.18. The number of hydrogen-bond donors (Lipinski definition) is 0. The number of allylic oxidation sites excluding steroid dienone is 4. The molecule has 0 aliphatic carbocycles. The molecule has 0 rings (SSSR count). The summed E-state index contributed by atoms with van der Waals surface area (Å²) in [6.07, 6.45) is 5.33. The lowest BCUT2D eigenvalue weighted by Gasteiger charge is -2.06. The molecule has 0 aromatic rings. The first kappa shape index (κ1) is 10.8. The maximum absolute atomic E-state index is 5.90. The number of halogens is 1. The molecular weight excluding hydrogens is 156 g/mol. The van der Waals surface area contributed by atoms with E-state index < -0.39 is 0 Å². The van der Waals surface area contributed by atoms with Crippen LogP contribution >= 0.6 is 11.6 Å². The third kappa shape index (κ3) is 4.26. The first-order valence-corrected chi connectivity index (χ1v) is 4.50. The van der Waals surface area contributed by atoms with Crippen LogP contribution in [0.5, 0.6) is 0 Å². The molecule has 1 heteroatoms. The van der Waals surface area contributed by atoms with Crippen LogP contribution in [0, 0.1) is 5.92 Å². The molecule has 0 N–H and O–H groups in total. The van der Waals surface area contributed by atoms with E-state index in [0.717, 1.165) is 11.5 Å². The van der Waals surface area contributed by atoms with Gasteiger partial charge in [0, 0.05) is 5.03 Å². The lowest BCUT2D eigenvalue weighted by molar-refractivity contribution is 0.786. The molecule has 0 nitrogen and oxygen atoms in total. The van der Waals surface area contributed by atoms with Gasteiger partial charge in [0.15, 0.2) is 0 Å². The molecule has 0 fully saturated rings. The average Bonchev–Trinajstić information content (AvgIpc) is 1.87. The van der Waals surface area contributed by atoms with Gasteiger partial charge in [0.25, 0.3) is 0 Å². The molecule has 0 saturated heterocycles. The Labute approximate surface area is 74.9 Å². The predicted molar refractivity (Wildman–Crippen MR) is 52.8 cm³/mol. The minimum absolute atomic E-state index is 0.523. The van der Waals surface area contributed by atoms with E-state index in [2.05, 4.69) is 32.9 Å². The Morgan fingerprint density at radius 2 is 2.00 bits per heavy atom. The van der Waals surface area contributed by atoms with Gasteiger partial charge < -0.3 is 0 Å². The van der Waals surface area contributed by atoms with Crippen LogP contribution in [0.4, 0.5) is 0 Å². The Kier molecular flexibility index (Phi) is 5.31. The minimum Gasteiger partial charge on any atom is -0.0892 e. The second-order valence-electron chi connectivity index (χ2n) is 2.95. The van der Waals surface area contributed by atoms with Gasteiger partial charge in [0.05, 0.1) is 0 Å². The van der Waals surface area contributed by atoms with Gasteiger partial charge in [-0.05, 0) is 24.8 Å².